The van der Waals surface area contributed by atoms with Crippen molar-refractivity contribution in [1.29, 1.82) is 0 Å². The van der Waals surface area contributed by atoms with Gasteiger partial charge in [-0.3, -0.25) is 0 Å². The van der Waals surface area contributed by atoms with E-state index in [9.17, 15) is 0 Å². The predicted molar refractivity (Wildman–Crippen MR) is 103 cm³/mol. The van der Waals surface area contributed by atoms with Gasteiger partial charge in [-0.25, -0.2) is 0 Å². The average molecular weight is 309 g/mol. The first kappa shape index (κ1) is 14.5. The molecule has 0 aliphatic rings. The second-order valence-electron chi connectivity index (χ2n) is 6.10. The van der Waals surface area contributed by atoms with Gasteiger partial charge >= 0.3 is 0 Å². The molecule has 24 heavy (non-hydrogen) atoms. The molecular formula is C23H19N. The first-order valence-electron chi connectivity index (χ1n) is 8.22. The first-order valence-corrected chi connectivity index (χ1v) is 8.22. The van der Waals surface area contributed by atoms with Crippen LogP contribution in [0.25, 0.3) is 21.9 Å². The zero-order valence-electron chi connectivity index (χ0n) is 13.4. The molecule has 0 bridgehead atoms. The fourth-order valence-corrected chi connectivity index (χ4v) is 3.19. The largest absolute Gasteiger partial charge is 0.398 e. The Balaban J connectivity index is 1.67. The third-order valence-electron chi connectivity index (χ3n) is 4.50. The third-order valence-corrected chi connectivity index (χ3v) is 4.50. The topological polar surface area (TPSA) is 26.0 Å². The number of nitrogen functional groups attached to an aromatic ring is 1. The number of anilines is 1. The van der Waals surface area contributed by atoms with Gasteiger partial charge in [-0.05, 0) is 45.5 Å². The number of hydrogen-bond donors (Lipinski definition) is 1. The van der Waals surface area contributed by atoms with Gasteiger partial charge < -0.3 is 5.73 Å². The Hall–Kier alpha value is -3.06. The lowest BCUT2D eigenvalue weighted by molar-refractivity contribution is 1.20. The van der Waals surface area contributed by atoms with E-state index in [2.05, 4.69) is 72.8 Å². The van der Waals surface area contributed by atoms with Gasteiger partial charge in [-0.2, -0.15) is 0 Å². The molecule has 4 rings (SSSR count). The summed E-state index contributed by atoms with van der Waals surface area (Å²) in [5, 5.41) is 2.57. The van der Waals surface area contributed by atoms with Crippen LogP contribution in [0.4, 0.5) is 5.69 Å². The molecule has 4 aromatic rings. The van der Waals surface area contributed by atoms with Gasteiger partial charge in [0, 0.05) is 5.69 Å². The maximum Gasteiger partial charge on any atom is 0.0349 e. The lowest BCUT2D eigenvalue weighted by atomic mass is 9.96. The molecule has 0 amide bonds. The summed E-state index contributed by atoms with van der Waals surface area (Å²) in [6.07, 6.45) is 0.864. The molecule has 0 radical (unpaired) electrons. The van der Waals surface area contributed by atoms with Crippen molar-refractivity contribution >= 4 is 16.5 Å². The molecule has 0 atom stereocenters. The third kappa shape index (κ3) is 2.77. The number of rotatable bonds is 3. The highest BCUT2D eigenvalue weighted by Crippen LogP contribution is 2.29. The standard InChI is InChI=1S/C23H19N/c24-23-11-4-2-7-20(23)16-17-12-14-19(15-13-17)22-10-5-8-18-6-1-3-9-21(18)22/h1-15H,16,24H2. The molecule has 1 heteroatoms. The molecule has 1 nitrogen and oxygen atoms in total. The van der Waals surface area contributed by atoms with Crippen LogP contribution in [-0.4, -0.2) is 0 Å². The lowest BCUT2D eigenvalue weighted by Gasteiger charge is -2.09. The average Bonchev–Trinajstić information content (AvgIpc) is 2.64. The highest BCUT2D eigenvalue weighted by molar-refractivity contribution is 5.96. The molecule has 0 saturated carbocycles. The van der Waals surface area contributed by atoms with Gasteiger partial charge in [0.05, 0.1) is 0 Å². The lowest BCUT2D eigenvalue weighted by Crippen LogP contribution is -1.95. The van der Waals surface area contributed by atoms with Gasteiger partial charge in [-0.1, -0.05) is 84.9 Å². The van der Waals surface area contributed by atoms with Crippen LogP contribution in [0.1, 0.15) is 11.1 Å². The van der Waals surface area contributed by atoms with Crippen molar-refractivity contribution < 1.29 is 0 Å². The van der Waals surface area contributed by atoms with Gasteiger partial charge in [0.2, 0.25) is 0 Å². The van der Waals surface area contributed by atoms with E-state index < -0.39 is 0 Å². The Bertz CT molecular complexity index is 979. The predicted octanol–water partition coefficient (Wildman–Crippen LogP) is 5.68. The maximum absolute atomic E-state index is 6.05. The van der Waals surface area contributed by atoms with Crippen LogP contribution in [0.5, 0.6) is 0 Å². The molecule has 0 heterocycles. The highest BCUT2D eigenvalue weighted by Gasteiger charge is 2.04. The molecular weight excluding hydrogens is 290 g/mol. The summed E-state index contributed by atoms with van der Waals surface area (Å²) in [4.78, 5) is 0. The van der Waals surface area contributed by atoms with Crippen LogP contribution in [0.2, 0.25) is 0 Å². The number of benzene rings is 4. The zero-order chi connectivity index (χ0) is 16.4. The summed E-state index contributed by atoms with van der Waals surface area (Å²) in [7, 11) is 0. The molecule has 0 unspecified atom stereocenters. The van der Waals surface area contributed by atoms with Crippen molar-refractivity contribution in [2.75, 3.05) is 5.73 Å². The van der Waals surface area contributed by atoms with E-state index in [4.69, 9.17) is 5.73 Å². The number of hydrogen-bond acceptors (Lipinski definition) is 1. The summed E-state index contributed by atoms with van der Waals surface area (Å²) >= 11 is 0. The molecule has 0 aliphatic heterocycles. The van der Waals surface area contributed by atoms with Gasteiger partial charge in [0.25, 0.3) is 0 Å². The second kappa shape index (κ2) is 6.21. The minimum Gasteiger partial charge on any atom is -0.398 e. The molecule has 0 fully saturated rings. The van der Waals surface area contributed by atoms with Crippen LogP contribution in [0.3, 0.4) is 0 Å². The SMILES string of the molecule is Nc1ccccc1Cc1ccc(-c2cccc3ccccc23)cc1. The quantitative estimate of drug-likeness (QED) is 0.484. The zero-order valence-corrected chi connectivity index (χ0v) is 13.4. The van der Waals surface area contributed by atoms with E-state index >= 15 is 0 Å². The molecule has 4 aromatic carbocycles. The van der Waals surface area contributed by atoms with E-state index in [0.29, 0.717) is 0 Å². The molecule has 0 saturated heterocycles. The van der Waals surface area contributed by atoms with Crippen molar-refractivity contribution in [3.05, 3.63) is 102 Å². The molecule has 0 spiro atoms. The Morgan fingerprint density at radius 3 is 2.17 bits per heavy atom. The van der Waals surface area contributed by atoms with Crippen LogP contribution < -0.4 is 5.73 Å². The van der Waals surface area contributed by atoms with Crippen LogP contribution >= 0.6 is 0 Å². The highest BCUT2D eigenvalue weighted by atomic mass is 14.6. The van der Waals surface area contributed by atoms with Crippen molar-refractivity contribution in [1.82, 2.24) is 0 Å². The fourth-order valence-electron chi connectivity index (χ4n) is 3.19. The van der Waals surface area contributed by atoms with Gasteiger partial charge in [0.1, 0.15) is 0 Å². The van der Waals surface area contributed by atoms with Crippen LogP contribution in [0.15, 0.2) is 91.0 Å². The normalized spacial score (nSPS) is 10.8. The number of fused-ring (bicyclic) bond motifs is 1. The van der Waals surface area contributed by atoms with Crippen LogP contribution in [0, 0.1) is 0 Å². The van der Waals surface area contributed by atoms with E-state index in [1.54, 1.807) is 0 Å². The Kier molecular flexibility index (Phi) is 3.76. The van der Waals surface area contributed by atoms with E-state index in [0.717, 1.165) is 12.1 Å². The number of nitrogens with two attached hydrogens (primary N) is 1. The molecule has 0 aromatic heterocycles. The van der Waals surface area contributed by atoms with Crippen molar-refractivity contribution in [3.63, 3.8) is 0 Å². The smallest absolute Gasteiger partial charge is 0.0349 e. The molecule has 2 N–H and O–H groups in total. The van der Waals surface area contributed by atoms with Crippen molar-refractivity contribution in [2.24, 2.45) is 0 Å². The van der Waals surface area contributed by atoms with Crippen molar-refractivity contribution in [2.45, 2.75) is 6.42 Å². The monoisotopic (exact) mass is 309 g/mol. The molecule has 0 aliphatic carbocycles. The summed E-state index contributed by atoms with van der Waals surface area (Å²) in [6, 6.07) is 31.9. The van der Waals surface area contributed by atoms with Crippen molar-refractivity contribution in [3.8, 4) is 11.1 Å². The maximum atomic E-state index is 6.05. The fraction of sp³-hybridized carbons (Fsp3) is 0.0435. The minimum atomic E-state index is 0.857. The minimum absolute atomic E-state index is 0.857. The summed E-state index contributed by atoms with van der Waals surface area (Å²) in [5.74, 6) is 0. The Labute approximate surface area is 142 Å². The van der Waals surface area contributed by atoms with Gasteiger partial charge in [0.15, 0.2) is 0 Å². The summed E-state index contributed by atoms with van der Waals surface area (Å²) in [5.41, 5.74) is 11.9. The van der Waals surface area contributed by atoms with Crippen LogP contribution in [-0.2, 0) is 6.42 Å². The summed E-state index contributed by atoms with van der Waals surface area (Å²) < 4.78 is 0. The summed E-state index contributed by atoms with van der Waals surface area (Å²) in [6.45, 7) is 0. The van der Waals surface area contributed by atoms with E-state index in [1.807, 2.05) is 18.2 Å². The van der Waals surface area contributed by atoms with E-state index in [-0.39, 0.29) is 0 Å². The number of para-hydroxylation sites is 1. The Morgan fingerprint density at radius 2 is 1.33 bits per heavy atom. The second-order valence-corrected chi connectivity index (χ2v) is 6.10. The molecule has 116 valence electrons. The Morgan fingerprint density at radius 1 is 0.625 bits per heavy atom. The first-order chi connectivity index (χ1) is 11.8. The van der Waals surface area contributed by atoms with E-state index in [1.165, 1.54) is 33.0 Å². The van der Waals surface area contributed by atoms with Gasteiger partial charge in [-0.15, -0.1) is 0 Å².